The maximum absolute atomic E-state index is 11.5. The summed E-state index contributed by atoms with van der Waals surface area (Å²) in [6.45, 7) is 0. The normalized spacial score (nSPS) is 23.0. The predicted molar refractivity (Wildman–Crippen MR) is 85.4 cm³/mol. The van der Waals surface area contributed by atoms with Crippen molar-refractivity contribution in [1.82, 2.24) is 10.6 Å². The number of carbonyl (C=O) groups excluding carboxylic acids is 3. The molecule has 0 unspecified atom stereocenters. The topological polar surface area (TPSA) is 103 Å². The maximum atomic E-state index is 11.5. The molecule has 132 valence electrons. The highest BCUT2D eigenvalue weighted by Gasteiger charge is 2.38. The first kappa shape index (κ1) is 19.4. The second-order valence-corrected chi connectivity index (χ2v) is 6.37. The van der Waals surface area contributed by atoms with Crippen molar-refractivity contribution in [2.75, 3.05) is 27.1 Å². The van der Waals surface area contributed by atoms with Crippen molar-refractivity contribution in [3.05, 3.63) is 0 Å². The minimum absolute atomic E-state index is 0.133. The first-order valence-electron chi connectivity index (χ1n) is 7.39. The molecule has 0 aromatic carbocycles. The lowest BCUT2D eigenvalue weighted by Gasteiger charge is -2.24. The Bertz CT molecular complexity index is 420. The first-order valence-corrected chi connectivity index (χ1v) is 8.44. The summed E-state index contributed by atoms with van der Waals surface area (Å²) in [7, 11) is 3.96. The van der Waals surface area contributed by atoms with E-state index in [2.05, 4.69) is 24.8 Å². The lowest BCUT2D eigenvalue weighted by molar-refractivity contribution is -0.140. The molecule has 0 spiro atoms. The summed E-state index contributed by atoms with van der Waals surface area (Å²) in [5, 5.41) is 5.64. The van der Waals surface area contributed by atoms with Crippen molar-refractivity contribution in [3.63, 3.8) is 0 Å². The molecule has 1 aliphatic rings. The zero-order chi connectivity index (χ0) is 17.2. The average Bonchev–Trinajstić information content (AvgIpc) is 2.92. The van der Waals surface area contributed by atoms with E-state index in [-0.39, 0.29) is 23.3 Å². The van der Waals surface area contributed by atoms with Gasteiger partial charge in [0.15, 0.2) is 0 Å². The molecule has 0 aromatic rings. The Labute approximate surface area is 140 Å². The summed E-state index contributed by atoms with van der Waals surface area (Å²) in [5.74, 6) is 0.448. The zero-order valence-electron chi connectivity index (χ0n) is 13.6. The number of methoxy groups -OCH3 is 3. The molecule has 1 saturated heterocycles. The van der Waals surface area contributed by atoms with Gasteiger partial charge in [-0.15, -0.1) is 0 Å². The Morgan fingerprint density at radius 2 is 1.65 bits per heavy atom. The van der Waals surface area contributed by atoms with Gasteiger partial charge in [-0.3, -0.25) is 4.79 Å². The lowest BCUT2D eigenvalue weighted by atomic mass is 10.0. The summed E-state index contributed by atoms with van der Waals surface area (Å²) in [5.41, 5.74) is 0. The first-order chi connectivity index (χ1) is 11.0. The SMILES string of the molecule is COC(=O)CCCC[C@@H]1SC[C@@H](NC(=O)OC)[C@H]1NC(=O)OC. The van der Waals surface area contributed by atoms with Crippen LogP contribution in [-0.4, -0.2) is 62.6 Å². The zero-order valence-corrected chi connectivity index (χ0v) is 14.4. The molecule has 1 fully saturated rings. The fourth-order valence-corrected chi connectivity index (χ4v) is 3.95. The van der Waals surface area contributed by atoms with Crippen molar-refractivity contribution in [2.45, 2.75) is 43.0 Å². The van der Waals surface area contributed by atoms with E-state index in [1.165, 1.54) is 21.3 Å². The fourth-order valence-electron chi connectivity index (χ4n) is 2.40. The number of esters is 1. The van der Waals surface area contributed by atoms with Crippen LogP contribution >= 0.6 is 11.8 Å². The van der Waals surface area contributed by atoms with Gasteiger partial charge in [0.2, 0.25) is 0 Å². The Hall–Kier alpha value is -1.64. The molecule has 8 nitrogen and oxygen atoms in total. The molecule has 23 heavy (non-hydrogen) atoms. The third-order valence-electron chi connectivity index (χ3n) is 3.63. The van der Waals surface area contributed by atoms with Gasteiger partial charge < -0.3 is 24.8 Å². The number of hydrogen-bond donors (Lipinski definition) is 2. The number of nitrogens with one attached hydrogen (secondary N) is 2. The number of rotatable bonds is 7. The molecule has 0 aliphatic carbocycles. The van der Waals surface area contributed by atoms with Gasteiger partial charge in [0.25, 0.3) is 0 Å². The Morgan fingerprint density at radius 1 is 1.00 bits per heavy atom. The van der Waals surface area contributed by atoms with Crippen molar-refractivity contribution < 1.29 is 28.6 Å². The van der Waals surface area contributed by atoms with Gasteiger partial charge in [0.05, 0.1) is 33.4 Å². The van der Waals surface area contributed by atoms with E-state index in [9.17, 15) is 14.4 Å². The summed E-state index contributed by atoms with van der Waals surface area (Å²) in [6.07, 6.45) is 1.69. The second-order valence-electron chi connectivity index (χ2n) is 5.10. The highest BCUT2D eigenvalue weighted by Crippen LogP contribution is 2.31. The third-order valence-corrected chi connectivity index (χ3v) is 5.14. The van der Waals surface area contributed by atoms with Crippen LogP contribution in [0.15, 0.2) is 0 Å². The minimum atomic E-state index is -0.534. The number of hydrogen-bond acceptors (Lipinski definition) is 7. The third kappa shape index (κ3) is 6.55. The molecule has 1 aliphatic heterocycles. The van der Waals surface area contributed by atoms with Gasteiger partial charge in [0, 0.05) is 17.4 Å². The standard InChI is InChI=1S/C14H24N2O6S/c1-20-11(17)7-5-4-6-10-12(16-14(19)22-3)9(8-23-10)15-13(18)21-2/h9-10,12H,4-8H2,1-3H3,(H,15,18)(H,16,19)/t9-,10+,12-/m1/s1. The van der Waals surface area contributed by atoms with Crippen LogP contribution in [0, 0.1) is 0 Å². The smallest absolute Gasteiger partial charge is 0.407 e. The molecule has 1 rings (SSSR count). The number of alkyl carbamates (subject to hydrolysis) is 2. The molecule has 0 radical (unpaired) electrons. The van der Waals surface area contributed by atoms with Gasteiger partial charge in [-0.05, 0) is 12.8 Å². The molecular formula is C14H24N2O6S. The van der Waals surface area contributed by atoms with Crippen molar-refractivity contribution in [2.24, 2.45) is 0 Å². The van der Waals surface area contributed by atoms with E-state index in [0.29, 0.717) is 12.2 Å². The quantitative estimate of drug-likeness (QED) is 0.406. The van der Waals surface area contributed by atoms with Crippen LogP contribution in [0.4, 0.5) is 9.59 Å². The number of amides is 2. The predicted octanol–water partition coefficient (Wildman–Crippen LogP) is 1.28. The van der Waals surface area contributed by atoms with Crippen LogP contribution in [0.3, 0.4) is 0 Å². The van der Waals surface area contributed by atoms with E-state index in [0.717, 1.165) is 19.3 Å². The highest BCUT2D eigenvalue weighted by atomic mass is 32.2. The van der Waals surface area contributed by atoms with E-state index in [1.54, 1.807) is 11.8 Å². The fraction of sp³-hybridized carbons (Fsp3) is 0.786. The lowest BCUT2D eigenvalue weighted by Crippen LogP contribution is -2.53. The number of thioether (sulfide) groups is 1. The van der Waals surface area contributed by atoms with Crippen molar-refractivity contribution >= 4 is 29.9 Å². The number of ether oxygens (including phenoxy) is 3. The summed E-state index contributed by atoms with van der Waals surface area (Å²) >= 11 is 1.67. The number of unbranched alkanes of at least 4 members (excludes halogenated alkanes) is 1. The molecule has 2 N–H and O–H groups in total. The average molecular weight is 348 g/mol. The monoisotopic (exact) mass is 348 g/mol. The molecular weight excluding hydrogens is 324 g/mol. The van der Waals surface area contributed by atoms with Crippen LogP contribution in [0.2, 0.25) is 0 Å². The van der Waals surface area contributed by atoms with E-state index in [4.69, 9.17) is 0 Å². The molecule has 0 bridgehead atoms. The van der Waals surface area contributed by atoms with Crippen LogP contribution < -0.4 is 10.6 Å². The van der Waals surface area contributed by atoms with Gasteiger partial charge in [-0.1, -0.05) is 6.42 Å². The van der Waals surface area contributed by atoms with Crippen molar-refractivity contribution in [3.8, 4) is 0 Å². The van der Waals surface area contributed by atoms with Gasteiger partial charge in [0.1, 0.15) is 0 Å². The maximum Gasteiger partial charge on any atom is 0.407 e. The highest BCUT2D eigenvalue weighted by molar-refractivity contribution is 8.00. The summed E-state index contributed by atoms with van der Waals surface area (Å²) in [6, 6.07) is -0.471. The van der Waals surface area contributed by atoms with Crippen molar-refractivity contribution in [1.29, 1.82) is 0 Å². The molecule has 0 aromatic heterocycles. The molecule has 2 amide bonds. The van der Waals surface area contributed by atoms with Gasteiger partial charge in [-0.25, -0.2) is 9.59 Å². The van der Waals surface area contributed by atoms with Gasteiger partial charge in [-0.2, -0.15) is 11.8 Å². The minimum Gasteiger partial charge on any atom is -0.469 e. The number of carbonyl (C=O) groups is 3. The summed E-state index contributed by atoms with van der Waals surface area (Å²) < 4.78 is 13.9. The summed E-state index contributed by atoms with van der Waals surface area (Å²) in [4.78, 5) is 34.0. The Balaban J connectivity index is 2.53. The Morgan fingerprint density at radius 3 is 2.26 bits per heavy atom. The molecule has 0 saturated carbocycles. The molecule has 1 heterocycles. The Kier molecular flexibility index (Phi) is 8.60. The molecule has 3 atom stereocenters. The van der Waals surface area contributed by atoms with Crippen LogP contribution in [-0.2, 0) is 19.0 Å². The largest absolute Gasteiger partial charge is 0.469 e. The van der Waals surface area contributed by atoms with E-state index < -0.39 is 12.2 Å². The van der Waals surface area contributed by atoms with E-state index in [1.807, 2.05) is 0 Å². The van der Waals surface area contributed by atoms with Crippen LogP contribution in [0.5, 0.6) is 0 Å². The second kappa shape index (κ2) is 10.2. The molecule has 9 heteroatoms. The van der Waals surface area contributed by atoms with Gasteiger partial charge >= 0.3 is 18.2 Å². The van der Waals surface area contributed by atoms with E-state index >= 15 is 0 Å². The van der Waals surface area contributed by atoms with Crippen LogP contribution in [0.25, 0.3) is 0 Å². The van der Waals surface area contributed by atoms with Crippen LogP contribution in [0.1, 0.15) is 25.7 Å².